The predicted octanol–water partition coefficient (Wildman–Crippen LogP) is 2.73. The molecule has 0 spiro atoms. The van der Waals surface area contributed by atoms with Gasteiger partial charge in [-0.1, -0.05) is 11.6 Å². The SMILES string of the molecule is Cc1ccc(NS(=O)(=O)c2cc(N)ccc2Cl)c(C)n1. The number of aromatic nitrogens is 1. The van der Waals surface area contributed by atoms with Gasteiger partial charge in [0.05, 0.1) is 16.4 Å². The van der Waals surface area contributed by atoms with Crippen molar-refractivity contribution in [3.8, 4) is 0 Å². The summed E-state index contributed by atoms with van der Waals surface area (Å²) in [5, 5.41) is 0.115. The summed E-state index contributed by atoms with van der Waals surface area (Å²) >= 11 is 5.92. The summed E-state index contributed by atoms with van der Waals surface area (Å²) in [6.07, 6.45) is 0. The first-order valence-corrected chi connectivity index (χ1v) is 7.68. The monoisotopic (exact) mass is 311 g/mol. The van der Waals surface area contributed by atoms with E-state index < -0.39 is 10.0 Å². The van der Waals surface area contributed by atoms with Crippen molar-refractivity contribution in [3.05, 3.63) is 46.7 Å². The largest absolute Gasteiger partial charge is 0.399 e. The number of benzene rings is 1. The number of sulfonamides is 1. The molecule has 1 heterocycles. The van der Waals surface area contributed by atoms with E-state index in [1.54, 1.807) is 25.1 Å². The van der Waals surface area contributed by atoms with Crippen molar-refractivity contribution >= 4 is 33.0 Å². The Hall–Kier alpha value is -1.79. The summed E-state index contributed by atoms with van der Waals surface area (Å²) in [4.78, 5) is 4.15. The van der Waals surface area contributed by atoms with Gasteiger partial charge in [0, 0.05) is 11.4 Å². The second kappa shape index (κ2) is 5.30. The van der Waals surface area contributed by atoms with Crippen molar-refractivity contribution in [3.63, 3.8) is 0 Å². The Bertz CT molecular complexity index is 760. The maximum Gasteiger partial charge on any atom is 0.263 e. The molecule has 0 amide bonds. The van der Waals surface area contributed by atoms with Gasteiger partial charge in [-0.05, 0) is 44.2 Å². The summed E-state index contributed by atoms with van der Waals surface area (Å²) in [5.74, 6) is 0. The van der Waals surface area contributed by atoms with Gasteiger partial charge in [-0.3, -0.25) is 9.71 Å². The third-order valence-corrected chi connectivity index (χ3v) is 4.56. The Morgan fingerprint density at radius 3 is 2.55 bits per heavy atom. The summed E-state index contributed by atoms with van der Waals surface area (Å²) < 4.78 is 27.1. The number of pyridine rings is 1. The van der Waals surface area contributed by atoms with Crippen LogP contribution < -0.4 is 10.5 Å². The fourth-order valence-corrected chi connectivity index (χ4v) is 3.37. The van der Waals surface area contributed by atoms with Gasteiger partial charge >= 0.3 is 0 Å². The van der Waals surface area contributed by atoms with Crippen LogP contribution in [0, 0.1) is 13.8 Å². The van der Waals surface area contributed by atoms with Crippen LogP contribution >= 0.6 is 11.6 Å². The first-order valence-electron chi connectivity index (χ1n) is 5.82. The number of nitrogen functional groups attached to an aromatic ring is 1. The molecule has 2 aromatic rings. The smallest absolute Gasteiger partial charge is 0.263 e. The van der Waals surface area contributed by atoms with Gasteiger partial charge < -0.3 is 5.73 Å². The number of aryl methyl sites for hydroxylation is 2. The Morgan fingerprint density at radius 2 is 1.90 bits per heavy atom. The zero-order chi connectivity index (χ0) is 14.9. The van der Waals surface area contributed by atoms with Crippen LogP contribution in [0.5, 0.6) is 0 Å². The van der Waals surface area contributed by atoms with E-state index in [0.717, 1.165) is 5.69 Å². The highest BCUT2D eigenvalue weighted by molar-refractivity contribution is 7.92. The second-order valence-electron chi connectivity index (χ2n) is 4.38. The maximum atomic E-state index is 12.3. The van der Waals surface area contributed by atoms with E-state index in [4.69, 9.17) is 17.3 Å². The number of nitrogens with two attached hydrogens (primary N) is 1. The molecule has 0 radical (unpaired) electrons. The van der Waals surface area contributed by atoms with Gasteiger partial charge in [0.1, 0.15) is 4.90 Å². The normalized spacial score (nSPS) is 11.3. The molecule has 0 aliphatic heterocycles. The molecule has 7 heteroatoms. The summed E-state index contributed by atoms with van der Waals surface area (Å²) in [5.41, 5.74) is 7.75. The van der Waals surface area contributed by atoms with Crippen molar-refractivity contribution in [1.82, 2.24) is 4.98 Å². The number of hydrogen-bond donors (Lipinski definition) is 2. The molecule has 2 rings (SSSR count). The van der Waals surface area contributed by atoms with Gasteiger partial charge in [-0.15, -0.1) is 0 Å². The summed E-state index contributed by atoms with van der Waals surface area (Å²) in [6.45, 7) is 3.56. The topological polar surface area (TPSA) is 85.1 Å². The van der Waals surface area contributed by atoms with Crippen molar-refractivity contribution < 1.29 is 8.42 Å². The average molecular weight is 312 g/mol. The second-order valence-corrected chi connectivity index (χ2v) is 6.44. The van der Waals surface area contributed by atoms with Crippen molar-refractivity contribution in [2.45, 2.75) is 18.7 Å². The van der Waals surface area contributed by atoms with Gasteiger partial charge in [-0.25, -0.2) is 8.42 Å². The van der Waals surface area contributed by atoms with Crippen LogP contribution in [0.3, 0.4) is 0 Å². The molecule has 0 fully saturated rings. The first kappa shape index (κ1) is 14.6. The molecule has 0 saturated heterocycles. The minimum atomic E-state index is -3.80. The molecule has 20 heavy (non-hydrogen) atoms. The van der Waals surface area contributed by atoms with Crippen LogP contribution in [0.4, 0.5) is 11.4 Å². The van der Waals surface area contributed by atoms with Crippen molar-refractivity contribution in [2.75, 3.05) is 10.5 Å². The Labute approximate surface area is 122 Å². The molecule has 0 bridgehead atoms. The minimum absolute atomic E-state index is 0.0564. The highest BCUT2D eigenvalue weighted by Crippen LogP contribution is 2.26. The van der Waals surface area contributed by atoms with E-state index in [1.165, 1.54) is 12.1 Å². The predicted molar refractivity (Wildman–Crippen MR) is 80.4 cm³/mol. The van der Waals surface area contributed by atoms with E-state index in [0.29, 0.717) is 17.1 Å². The Kier molecular flexibility index (Phi) is 3.87. The van der Waals surface area contributed by atoms with Gasteiger partial charge in [0.2, 0.25) is 0 Å². The van der Waals surface area contributed by atoms with E-state index >= 15 is 0 Å². The van der Waals surface area contributed by atoms with Crippen LogP contribution in [0.2, 0.25) is 5.02 Å². The van der Waals surface area contributed by atoms with E-state index in [1.807, 2.05) is 6.92 Å². The Balaban J connectivity index is 2.43. The lowest BCUT2D eigenvalue weighted by molar-refractivity contribution is 0.601. The lowest BCUT2D eigenvalue weighted by atomic mass is 10.3. The lowest BCUT2D eigenvalue weighted by Gasteiger charge is -2.12. The van der Waals surface area contributed by atoms with Crippen LogP contribution in [0.15, 0.2) is 35.2 Å². The molecular formula is C13H14ClN3O2S. The quantitative estimate of drug-likeness (QED) is 0.853. The van der Waals surface area contributed by atoms with Crippen LogP contribution in [0.25, 0.3) is 0 Å². The number of hydrogen-bond acceptors (Lipinski definition) is 4. The molecule has 0 saturated carbocycles. The molecule has 0 aliphatic carbocycles. The van der Waals surface area contributed by atoms with Crippen LogP contribution in [-0.4, -0.2) is 13.4 Å². The molecule has 106 valence electrons. The maximum absolute atomic E-state index is 12.3. The summed E-state index contributed by atoms with van der Waals surface area (Å²) in [7, 11) is -3.80. The van der Waals surface area contributed by atoms with Crippen LogP contribution in [-0.2, 0) is 10.0 Å². The fourth-order valence-electron chi connectivity index (χ4n) is 1.72. The molecule has 5 nitrogen and oxygen atoms in total. The number of rotatable bonds is 3. The zero-order valence-electron chi connectivity index (χ0n) is 11.0. The van der Waals surface area contributed by atoms with E-state index in [-0.39, 0.29) is 9.92 Å². The zero-order valence-corrected chi connectivity index (χ0v) is 12.6. The minimum Gasteiger partial charge on any atom is -0.399 e. The standard InChI is InChI=1S/C13H14ClN3O2S/c1-8-3-6-12(9(2)16-8)17-20(18,19)13-7-10(15)4-5-11(13)14/h3-7,17H,15H2,1-2H3. The van der Waals surface area contributed by atoms with Gasteiger partial charge in [-0.2, -0.15) is 0 Å². The molecule has 0 aliphatic rings. The number of nitrogens with one attached hydrogen (secondary N) is 1. The Morgan fingerprint density at radius 1 is 1.20 bits per heavy atom. The molecule has 0 unspecified atom stereocenters. The molecular weight excluding hydrogens is 298 g/mol. The third-order valence-electron chi connectivity index (χ3n) is 2.71. The molecule has 1 aromatic carbocycles. The average Bonchev–Trinajstić information content (AvgIpc) is 2.35. The number of halogens is 1. The highest BCUT2D eigenvalue weighted by atomic mass is 35.5. The molecule has 0 atom stereocenters. The number of anilines is 2. The molecule has 3 N–H and O–H groups in total. The van der Waals surface area contributed by atoms with E-state index in [2.05, 4.69) is 9.71 Å². The summed E-state index contributed by atoms with van der Waals surface area (Å²) in [6, 6.07) is 7.70. The fraction of sp³-hybridized carbons (Fsp3) is 0.154. The van der Waals surface area contributed by atoms with E-state index in [9.17, 15) is 8.42 Å². The van der Waals surface area contributed by atoms with Crippen molar-refractivity contribution in [2.24, 2.45) is 0 Å². The molecule has 1 aromatic heterocycles. The third kappa shape index (κ3) is 3.02. The van der Waals surface area contributed by atoms with Gasteiger partial charge in [0.25, 0.3) is 10.0 Å². The lowest BCUT2D eigenvalue weighted by Crippen LogP contribution is -2.15. The first-order chi connectivity index (χ1) is 9.29. The number of nitrogens with zero attached hydrogens (tertiary/aromatic N) is 1. The van der Waals surface area contributed by atoms with Crippen LogP contribution in [0.1, 0.15) is 11.4 Å². The van der Waals surface area contributed by atoms with Crippen molar-refractivity contribution in [1.29, 1.82) is 0 Å². The van der Waals surface area contributed by atoms with Gasteiger partial charge in [0.15, 0.2) is 0 Å². The highest BCUT2D eigenvalue weighted by Gasteiger charge is 2.19.